The van der Waals surface area contributed by atoms with E-state index in [1.54, 1.807) is 48.7 Å². The summed E-state index contributed by atoms with van der Waals surface area (Å²) < 4.78 is 30.6. The number of sulfone groups is 1. The minimum atomic E-state index is -3.61. The first-order chi connectivity index (χ1) is 14.5. The first kappa shape index (κ1) is 19.8. The van der Waals surface area contributed by atoms with Crippen LogP contribution in [-0.2, 0) is 16.3 Å². The second-order valence-electron chi connectivity index (χ2n) is 6.78. The third-order valence-corrected chi connectivity index (χ3v) is 6.64. The van der Waals surface area contributed by atoms with Gasteiger partial charge in [-0.05, 0) is 54.4 Å². The molecule has 2 heterocycles. The van der Waals surface area contributed by atoms with Gasteiger partial charge in [0.05, 0.1) is 23.1 Å². The lowest BCUT2D eigenvalue weighted by atomic mass is 10.0. The molecule has 0 fully saturated rings. The molecule has 0 aliphatic carbocycles. The van der Waals surface area contributed by atoms with Crippen molar-refractivity contribution < 1.29 is 17.9 Å². The van der Waals surface area contributed by atoms with Gasteiger partial charge >= 0.3 is 0 Å². The number of aryl methyl sites for hydroxylation is 1. The summed E-state index contributed by atoms with van der Waals surface area (Å²) >= 11 is 0. The van der Waals surface area contributed by atoms with E-state index in [0.29, 0.717) is 29.8 Å². The van der Waals surface area contributed by atoms with Gasteiger partial charge in [0.15, 0.2) is 11.4 Å². The summed E-state index contributed by atoms with van der Waals surface area (Å²) in [6, 6.07) is 14.6. The molecule has 4 aromatic rings. The first-order valence-corrected chi connectivity index (χ1v) is 10.8. The SMILES string of the molecule is COc1ccc(S(=O)(=O)c2ccc(CCC(=O)c3cnc4[nH]ncc4c3)cc2)cc1. The Hall–Kier alpha value is -3.52. The molecule has 2 aromatic carbocycles. The van der Waals surface area contributed by atoms with Crippen molar-refractivity contribution in [2.45, 2.75) is 22.6 Å². The van der Waals surface area contributed by atoms with Crippen LogP contribution in [0, 0.1) is 0 Å². The number of nitrogens with zero attached hydrogens (tertiary/aromatic N) is 2. The zero-order valence-electron chi connectivity index (χ0n) is 16.2. The van der Waals surface area contributed by atoms with Crippen LogP contribution < -0.4 is 4.74 Å². The van der Waals surface area contributed by atoms with Gasteiger partial charge < -0.3 is 4.74 Å². The van der Waals surface area contributed by atoms with E-state index in [2.05, 4.69) is 15.2 Å². The molecule has 2 aromatic heterocycles. The molecule has 8 heteroatoms. The molecular weight excluding hydrogens is 402 g/mol. The Morgan fingerprint density at radius 1 is 1.00 bits per heavy atom. The monoisotopic (exact) mass is 421 g/mol. The second-order valence-corrected chi connectivity index (χ2v) is 8.73. The van der Waals surface area contributed by atoms with Crippen LogP contribution in [0.1, 0.15) is 22.3 Å². The van der Waals surface area contributed by atoms with Crippen molar-refractivity contribution in [1.29, 1.82) is 0 Å². The van der Waals surface area contributed by atoms with Crippen LogP contribution in [0.2, 0.25) is 0 Å². The van der Waals surface area contributed by atoms with Crippen LogP contribution in [-0.4, -0.2) is 36.5 Å². The van der Waals surface area contributed by atoms with Crippen LogP contribution in [0.25, 0.3) is 11.0 Å². The van der Waals surface area contributed by atoms with Gasteiger partial charge in [-0.3, -0.25) is 9.89 Å². The number of ether oxygens (including phenoxy) is 1. The number of ketones is 1. The highest BCUT2D eigenvalue weighted by atomic mass is 32.2. The van der Waals surface area contributed by atoms with E-state index >= 15 is 0 Å². The van der Waals surface area contributed by atoms with Crippen LogP contribution in [0.5, 0.6) is 5.75 Å². The van der Waals surface area contributed by atoms with Gasteiger partial charge in [-0.2, -0.15) is 5.10 Å². The molecule has 0 amide bonds. The Morgan fingerprint density at radius 3 is 2.33 bits per heavy atom. The van der Waals surface area contributed by atoms with Crippen LogP contribution >= 0.6 is 0 Å². The number of benzene rings is 2. The van der Waals surface area contributed by atoms with Gasteiger partial charge in [-0.1, -0.05) is 12.1 Å². The molecule has 0 atom stereocenters. The standard InChI is InChI=1S/C22H19N3O4S/c1-29-18-5-9-20(10-6-18)30(27,28)19-7-2-15(3-8-19)4-11-21(26)16-12-17-14-24-25-22(17)23-13-16/h2-3,5-10,12-14H,4,11H2,1H3,(H,23,24,25). The molecule has 0 unspecified atom stereocenters. The van der Waals surface area contributed by atoms with E-state index in [0.717, 1.165) is 10.9 Å². The Morgan fingerprint density at radius 2 is 1.67 bits per heavy atom. The van der Waals surface area contributed by atoms with Crippen molar-refractivity contribution >= 4 is 26.7 Å². The van der Waals surface area contributed by atoms with E-state index in [1.807, 2.05) is 0 Å². The second kappa shape index (κ2) is 8.08. The zero-order valence-corrected chi connectivity index (χ0v) is 17.0. The molecule has 0 bridgehead atoms. The minimum Gasteiger partial charge on any atom is -0.497 e. The number of carbonyl (C=O) groups is 1. The smallest absolute Gasteiger partial charge is 0.206 e. The summed E-state index contributed by atoms with van der Waals surface area (Å²) in [5.41, 5.74) is 2.05. The molecule has 0 aliphatic rings. The number of hydrogen-bond acceptors (Lipinski definition) is 6. The largest absolute Gasteiger partial charge is 0.497 e. The van der Waals surface area contributed by atoms with E-state index in [9.17, 15) is 13.2 Å². The Kier molecular flexibility index (Phi) is 5.33. The van der Waals surface area contributed by atoms with E-state index in [1.165, 1.54) is 25.4 Å². The zero-order chi connectivity index (χ0) is 21.1. The summed E-state index contributed by atoms with van der Waals surface area (Å²) in [6.07, 6.45) is 3.97. The number of rotatable bonds is 7. The van der Waals surface area contributed by atoms with Crippen molar-refractivity contribution in [3.63, 3.8) is 0 Å². The summed E-state index contributed by atoms with van der Waals surface area (Å²) in [5, 5.41) is 7.44. The highest BCUT2D eigenvalue weighted by molar-refractivity contribution is 7.91. The maximum absolute atomic E-state index is 12.8. The Bertz CT molecular complexity index is 1290. The highest BCUT2D eigenvalue weighted by Gasteiger charge is 2.17. The van der Waals surface area contributed by atoms with E-state index in [4.69, 9.17) is 4.74 Å². The predicted octanol–water partition coefficient (Wildman–Crippen LogP) is 3.61. The molecule has 30 heavy (non-hydrogen) atoms. The summed E-state index contributed by atoms with van der Waals surface area (Å²) in [5.74, 6) is 0.566. The minimum absolute atomic E-state index is 0.0273. The molecule has 4 rings (SSSR count). The summed E-state index contributed by atoms with van der Waals surface area (Å²) in [4.78, 5) is 17.1. The lowest BCUT2D eigenvalue weighted by Crippen LogP contribution is -2.04. The normalized spacial score (nSPS) is 11.5. The molecule has 0 aliphatic heterocycles. The van der Waals surface area contributed by atoms with Gasteiger partial charge in [0, 0.05) is 23.6 Å². The molecule has 0 saturated heterocycles. The number of methoxy groups -OCH3 is 1. The lowest BCUT2D eigenvalue weighted by Gasteiger charge is -2.07. The molecule has 0 radical (unpaired) electrons. The van der Waals surface area contributed by atoms with Crippen LogP contribution in [0.3, 0.4) is 0 Å². The molecular formula is C22H19N3O4S. The maximum Gasteiger partial charge on any atom is 0.206 e. The number of H-pyrrole nitrogens is 1. The number of carbonyl (C=O) groups excluding carboxylic acids is 1. The predicted molar refractivity (Wildman–Crippen MR) is 111 cm³/mol. The third kappa shape index (κ3) is 3.95. The van der Waals surface area contributed by atoms with Gasteiger partial charge in [-0.15, -0.1) is 0 Å². The van der Waals surface area contributed by atoms with Gasteiger partial charge in [0.2, 0.25) is 9.84 Å². The number of Topliss-reactive ketones (excluding diaryl/α,β-unsaturated/α-hetero) is 1. The fourth-order valence-electron chi connectivity index (χ4n) is 3.12. The molecule has 7 nitrogen and oxygen atoms in total. The maximum atomic E-state index is 12.8. The molecule has 0 saturated carbocycles. The summed E-state index contributed by atoms with van der Waals surface area (Å²) in [7, 11) is -2.08. The van der Waals surface area contributed by atoms with E-state index < -0.39 is 9.84 Å². The number of aromatic nitrogens is 3. The molecule has 152 valence electrons. The van der Waals surface area contributed by atoms with Crippen molar-refractivity contribution in [2.75, 3.05) is 7.11 Å². The third-order valence-electron chi connectivity index (χ3n) is 4.86. The average molecular weight is 421 g/mol. The lowest BCUT2D eigenvalue weighted by molar-refractivity contribution is 0.0982. The Balaban J connectivity index is 1.44. The number of nitrogens with one attached hydrogen (secondary N) is 1. The van der Waals surface area contributed by atoms with Gasteiger partial charge in [-0.25, -0.2) is 13.4 Å². The van der Waals surface area contributed by atoms with Gasteiger partial charge in [0.1, 0.15) is 5.75 Å². The topological polar surface area (TPSA) is 102 Å². The Labute approximate surface area is 173 Å². The van der Waals surface area contributed by atoms with Crippen LogP contribution in [0.4, 0.5) is 0 Å². The number of hydrogen-bond donors (Lipinski definition) is 1. The molecule has 0 spiro atoms. The number of fused-ring (bicyclic) bond motifs is 1. The number of aromatic amines is 1. The van der Waals surface area contributed by atoms with Crippen molar-refractivity contribution in [1.82, 2.24) is 15.2 Å². The summed E-state index contributed by atoms with van der Waals surface area (Å²) in [6.45, 7) is 0. The fourth-order valence-corrected chi connectivity index (χ4v) is 4.38. The van der Waals surface area contributed by atoms with Crippen molar-refractivity contribution in [2.24, 2.45) is 0 Å². The highest BCUT2D eigenvalue weighted by Crippen LogP contribution is 2.23. The van der Waals surface area contributed by atoms with Gasteiger partial charge in [0.25, 0.3) is 0 Å². The molecule has 1 N–H and O–H groups in total. The quantitative estimate of drug-likeness (QED) is 0.457. The van der Waals surface area contributed by atoms with Crippen molar-refractivity contribution in [3.8, 4) is 5.75 Å². The van der Waals surface area contributed by atoms with Crippen LogP contribution in [0.15, 0.2) is 76.8 Å². The van der Waals surface area contributed by atoms with Crippen molar-refractivity contribution in [3.05, 3.63) is 78.1 Å². The average Bonchev–Trinajstić information content (AvgIpc) is 3.25. The number of pyridine rings is 1. The fraction of sp³-hybridized carbons (Fsp3) is 0.136. The first-order valence-electron chi connectivity index (χ1n) is 9.28. The van der Waals surface area contributed by atoms with E-state index in [-0.39, 0.29) is 15.6 Å².